The van der Waals surface area contributed by atoms with Crippen LogP contribution in [0.4, 0.5) is 0 Å². The van der Waals surface area contributed by atoms with E-state index in [9.17, 15) is 4.79 Å². The average Bonchev–Trinajstić information content (AvgIpc) is 2.95. The Morgan fingerprint density at radius 1 is 1.17 bits per heavy atom. The molecule has 3 rings (SSSR count). The Kier molecular flexibility index (Phi) is 5.84. The molecule has 4 heteroatoms. The molecule has 2 unspecified atom stereocenters. The first-order chi connectivity index (χ1) is 11.2. The summed E-state index contributed by atoms with van der Waals surface area (Å²) >= 11 is 3.66. The van der Waals surface area contributed by atoms with Crippen molar-refractivity contribution in [1.82, 2.24) is 0 Å². The predicted octanol–water partition coefficient (Wildman–Crippen LogP) is 5.11. The standard InChI is InChI=1S/C19H27BrO3/c1-2-22-19(21)11-14-10-17(20)18(23-15-8-3-4-9-15)12-16(14)13-6-5-7-13/h10,12-16H,2-9,11H2,1H3. The van der Waals surface area contributed by atoms with Gasteiger partial charge >= 0.3 is 5.97 Å². The van der Waals surface area contributed by atoms with Crippen molar-refractivity contribution < 1.29 is 14.3 Å². The highest BCUT2D eigenvalue weighted by molar-refractivity contribution is 9.11. The molecule has 2 atom stereocenters. The third kappa shape index (κ3) is 4.20. The van der Waals surface area contributed by atoms with Crippen LogP contribution in [0, 0.1) is 17.8 Å². The molecule has 3 aliphatic rings. The molecule has 0 aromatic rings. The summed E-state index contributed by atoms with van der Waals surface area (Å²) in [5.74, 6) is 2.23. The fourth-order valence-corrected chi connectivity index (χ4v) is 4.52. The van der Waals surface area contributed by atoms with E-state index in [4.69, 9.17) is 9.47 Å². The second-order valence-electron chi connectivity index (χ2n) is 7.01. The number of carbonyl (C=O) groups excluding carboxylic acids is 1. The van der Waals surface area contributed by atoms with Gasteiger partial charge in [0.2, 0.25) is 0 Å². The molecular formula is C19H27BrO3. The van der Waals surface area contributed by atoms with Gasteiger partial charge in [-0.05, 0) is 85.2 Å². The predicted molar refractivity (Wildman–Crippen MR) is 94.0 cm³/mol. The Morgan fingerprint density at radius 3 is 2.52 bits per heavy atom. The molecule has 3 nitrogen and oxygen atoms in total. The average molecular weight is 383 g/mol. The zero-order valence-corrected chi connectivity index (χ0v) is 15.5. The first-order valence-corrected chi connectivity index (χ1v) is 9.88. The lowest BCUT2D eigenvalue weighted by molar-refractivity contribution is -0.144. The van der Waals surface area contributed by atoms with E-state index in [1.54, 1.807) is 0 Å². The number of hydrogen-bond donors (Lipinski definition) is 0. The molecule has 0 spiro atoms. The molecule has 23 heavy (non-hydrogen) atoms. The SMILES string of the molecule is CCOC(=O)CC1C=C(Br)C(OC2CCCC2)=CC1C1CCC1. The van der Waals surface area contributed by atoms with Crippen LogP contribution in [-0.4, -0.2) is 18.7 Å². The van der Waals surface area contributed by atoms with Crippen molar-refractivity contribution in [3.05, 3.63) is 22.4 Å². The van der Waals surface area contributed by atoms with Gasteiger partial charge in [-0.15, -0.1) is 0 Å². The Labute approximate surface area is 147 Å². The number of ether oxygens (including phenoxy) is 2. The van der Waals surface area contributed by atoms with E-state index >= 15 is 0 Å². The molecule has 0 aliphatic heterocycles. The van der Waals surface area contributed by atoms with Crippen LogP contribution in [0.1, 0.15) is 58.3 Å². The number of allylic oxidation sites excluding steroid dienone is 3. The van der Waals surface area contributed by atoms with Gasteiger partial charge in [-0.1, -0.05) is 12.5 Å². The summed E-state index contributed by atoms with van der Waals surface area (Å²) in [7, 11) is 0. The van der Waals surface area contributed by atoms with Crippen molar-refractivity contribution in [2.24, 2.45) is 17.8 Å². The van der Waals surface area contributed by atoms with Gasteiger partial charge in [-0.2, -0.15) is 0 Å². The van der Waals surface area contributed by atoms with E-state index < -0.39 is 0 Å². The van der Waals surface area contributed by atoms with Crippen LogP contribution >= 0.6 is 15.9 Å². The van der Waals surface area contributed by atoms with Gasteiger partial charge in [0.05, 0.1) is 23.6 Å². The van der Waals surface area contributed by atoms with Gasteiger partial charge in [-0.25, -0.2) is 0 Å². The molecule has 0 aromatic carbocycles. The lowest BCUT2D eigenvalue weighted by Crippen LogP contribution is -2.30. The monoisotopic (exact) mass is 382 g/mol. The summed E-state index contributed by atoms with van der Waals surface area (Å²) < 4.78 is 12.4. The molecule has 2 saturated carbocycles. The van der Waals surface area contributed by atoms with Gasteiger partial charge in [0, 0.05) is 0 Å². The van der Waals surface area contributed by atoms with Crippen LogP contribution in [0.3, 0.4) is 0 Å². The van der Waals surface area contributed by atoms with Crippen molar-refractivity contribution in [2.45, 2.75) is 64.4 Å². The molecule has 3 aliphatic carbocycles. The van der Waals surface area contributed by atoms with Crippen molar-refractivity contribution in [3.8, 4) is 0 Å². The first kappa shape index (κ1) is 17.1. The minimum Gasteiger partial charge on any atom is -0.490 e. The Balaban J connectivity index is 1.71. The lowest BCUT2D eigenvalue weighted by Gasteiger charge is -2.38. The van der Waals surface area contributed by atoms with Crippen molar-refractivity contribution >= 4 is 21.9 Å². The summed E-state index contributed by atoms with van der Waals surface area (Å²) in [5, 5.41) is 0. The number of esters is 1. The maximum atomic E-state index is 11.9. The minimum atomic E-state index is -0.0908. The molecule has 0 heterocycles. The van der Waals surface area contributed by atoms with Crippen LogP contribution < -0.4 is 0 Å². The number of rotatable bonds is 6. The highest BCUT2D eigenvalue weighted by Gasteiger charge is 2.36. The quantitative estimate of drug-likeness (QED) is 0.598. The van der Waals surface area contributed by atoms with E-state index in [2.05, 4.69) is 28.1 Å². The van der Waals surface area contributed by atoms with Crippen LogP contribution in [-0.2, 0) is 14.3 Å². The number of carbonyl (C=O) groups is 1. The van der Waals surface area contributed by atoms with Gasteiger partial charge in [-0.3, -0.25) is 4.79 Å². The van der Waals surface area contributed by atoms with Gasteiger partial charge < -0.3 is 9.47 Å². The fraction of sp³-hybridized carbons (Fsp3) is 0.737. The van der Waals surface area contributed by atoms with Crippen molar-refractivity contribution in [2.75, 3.05) is 6.61 Å². The molecule has 128 valence electrons. The largest absolute Gasteiger partial charge is 0.490 e. The summed E-state index contributed by atoms with van der Waals surface area (Å²) in [6, 6.07) is 0. The normalized spacial score (nSPS) is 28.8. The van der Waals surface area contributed by atoms with E-state index in [1.807, 2.05) is 6.92 Å². The molecule has 2 fully saturated rings. The maximum Gasteiger partial charge on any atom is 0.306 e. The van der Waals surface area contributed by atoms with E-state index in [0.29, 0.717) is 31.0 Å². The Morgan fingerprint density at radius 2 is 1.91 bits per heavy atom. The molecule has 0 aromatic heterocycles. The van der Waals surface area contributed by atoms with E-state index in [0.717, 1.165) is 23.1 Å². The first-order valence-electron chi connectivity index (χ1n) is 9.09. The second-order valence-corrected chi connectivity index (χ2v) is 7.87. The number of halogens is 1. The molecule has 0 N–H and O–H groups in total. The highest BCUT2D eigenvalue weighted by Crippen LogP contribution is 2.45. The van der Waals surface area contributed by atoms with Crippen molar-refractivity contribution in [3.63, 3.8) is 0 Å². The Bertz CT molecular complexity index is 487. The minimum absolute atomic E-state index is 0.0908. The second kappa shape index (κ2) is 7.87. The van der Waals surface area contributed by atoms with E-state index in [-0.39, 0.29) is 11.9 Å². The lowest BCUT2D eigenvalue weighted by atomic mass is 9.68. The third-order valence-electron chi connectivity index (χ3n) is 5.43. The summed E-state index contributed by atoms with van der Waals surface area (Å²) in [6.45, 7) is 2.32. The van der Waals surface area contributed by atoms with Crippen LogP contribution in [0.15, 0.2) is 22.4 Å². The highest BCUT2D eigenvalue weighted by atomic mass is 79.9. The van der Waals surface area contributed by atoms with Crippen LogP contribution in [0.25, 0.3) is 0 Å². The molecule has 0 bridgehead atoms. The van der Waals surface area contributed by atoms with Gasteiger partial charge in [0.15, 0.2) is 0 Å². The topological polar surface area (TPSA) is 35.5 Å². The fourth-order valence-electron chi connectivity index (χ4n) is 3.96. The Hall–Kier alpha value is -0.770. The van der Waals surface area contributed by atoms with Crippen LogP contribution in [0.2, 0.25) is 0 Å². The third-order valence-corrected chi connectivity index (χ3v) is 6.09. The smallest absolute Gasteiger partial charge is 0.306 e. The molecule has 0 amide bonds. The van der Waals surface area contributed by atoms with Crippen molar-refractivity contribution in [1.29, 1.82) is 0 Å². The maximum absolute atomic E-state index is 11.9. The zero-order chi connectivity index (χ0) is 16.2. The van der Waals surface area contributed by atoms with E-state index in [1.165, 1.54) is 32.1 Å². The van der Waals surface area contributed by atoms with Gasteiger partial charge in [0.25, 0.3) is 0 Å². The summed E-state index contributed by atoms with van der Waals surface area (Å²) in [5.41, 5.74) is 0. The van der Waals surface area contributed by atoms with Crippen LogP contribution in [0.5, 0.6) is 0 Å². The zero-order valence-electron chi connectivity index (χ0n) is 13.9. The number of hydrogen-bond acceptors (Lipinski definition) is 3. The summed E-state index contributed by atoms with van der Waals surface area (Å²) in [4.78, 5) is 11.9. The van der Waals surface area contributed by atoms with Gasteiger partial charge in [0.1, 0.15) is 5.76 Å². The summed E-state index contributed by atoms with van der Waals surface area (Å²) in [6.07, 6.45) is 14.0. The molecule has 0 radical (unpaired) electrons. The molecular weight excluding hydrogens is 356 g/mol. The molecule has 0 saturated heterocycles.